The molecule has 1 heterocycles. The Labute approximate surface area is 164 Å². The quantitative estimate of drug-likeness (QED) is 0.594. The molecule has 146 valence electrons. The van der Waals surface area contributed by atoms with Gasteiger partial charge in [-0.15, -0.1) is 0 Å². The van der Waals surface area contributed by atoms with Gasteiger partial charge < -0.3 is 14.0 Å². The number of ether oxygens (including phenoxy) is 2. The summed E-state index contributed by atoms with van der Waals surface area (Å²) in [5, 5.41) is 0. The fourth-order valence-corrected chi connectivity index (χ4v) is 3.69. The van der Waals surface area contributed by atoms with E-state index in [0.717, 1.165) is 16.9 Å². The third-order valence-corrected chi connectivity index (χ3v) is 4.94. The van der Waals surface area contributed by atoms with Gasteiger partial charge in [-0.2, -0.15) is 4.99 Å². The van der Waals surface area contributed by atoms with E-state index in [1.165, 1.54) is 12.1 Å². The first kappa shape index (κ1) is 19.8. The van der Waals surface area contributed by atoms with Crippen LogP contribution in [0.15, 0.2) is 47.5 Å². The van der Waals surface area contributed by atoms with Crippen LogP contribution in [-0.4, -0.2) is 29.7 Å². The lowest BCUT2D eigenvalue weighted by Crippen LogP contribution is -2.24. The standard InChI is InChI=1S/C20H19FN2O4S/c1-3-26-19(25)11-23-15-9-8-14(21)10-17(15)28-20(23)22-18(24)12-27-16-7-5-4-6-13(16)2/h4-10H,3,11-12H2,1-2H3. The highest BCUT2D eigenvalue weighted by molar-refractivity contribution is 7.16. The number of amides is 1. The van der Waals surface area contributed by atoms with Crippen LogP contribution in [0.3, 0.4) is 0 Å². The third kappa shape index (κ3) is 4.64. The summed E-state index contributed by atoms with van der Waals surface area (Å²) < 4.78 is 26.2. The first-order chi connectivity index (χ1) is 13.5. The van der Waals surface area contributed by atoms with Gasteiger partial charge in [0.05, 0.1) is 16.8 Å². The van der Waals surface area contributed by atoms with Gasteiger partial charge in [0.15, 0.2) is 11.4 Å². The molecular formula is C20H19FN2O4S. The van der Waals surface area contributed by atoms with Crippen LogP contribution in [0.2, 0.25) is 0 Å². The van der Waals surface area contributed by atoms with Crippen molar-refractivity contribution in [1.82, 2.24) is 4.57 Å². The van der Waals surface area contributed by atoms with E-state index in [9.17, 15) is 14.0 Å². The van der Waals surface area contributed by atoms with Crippen molar-refractivity contribution in [3.63, 3.8) is 0 Å². The van der Waals surface area contributed by atoms with Crippen LogP contribution < -0.4 is 9.54 Å². The van der Waals surface area contributed by atoms with E-state index in [1.54, 1.807) is 23.6 Å². The average Bonchev–Trinajstić information content (AvgIpc) is 2.97. The highest BCUT2D eigenvalue weighted by atomic mass is 32.1. The molecule has 0 bridgehead atoms. The van der Waals surface area contributed by atoms with Crippen molar-refractivity contribution in [2.75, 3.05) is 13.2 Å². The molecule has 0 saturated heterocycles. The Morgan fingerprint density at radius 3 is 2.75 bits per heavy atom. The van der Waals surface area contributed by atoms with Crippen LogP contribution in [0.5, 0.6) is 5.75 Å². The molecule has 0 saturated carbocycles. The number of rotatable bonds is 6. The maximum absolute atomic E-state index is 13.6. The molecule has 1 amide bonds. The summed E-state index contributed by atoms with van der Waals surface area (Å²) in [6.45, 7) is 3.47. The van der Waals surface area contributed by atoms with Gasteiger partial charge in [-0.3, -0.25) is 9.59 Å². The van der Waals surface area contributed by atoms with Crippen molar-refractivity contribution in [3.8, 4) is 5.75 Å². The predicted octanol–water partition coefficient (Wildman–Crippen LogP) is 3.22. The predicted molar refractivity (Wildman–Crippen MR) is 104 cm³/mol. The number of aromatic nitrogens is 1. The summed E-state index contributed by atoms with van der Waals surface area (Å²) in [7, 11) is 0. The van der Waals surface area contributed by atoms with Gasteiger partial charge >= 0.3 is 5.97 Å². The van der Waals surface area contributed by atoms with Crippen molar-refractivity contribution < 1.29 is 23.5 Å². The topological polar surface area (TPSA) is 69.9 Å². The molecular weight excluding hydrogens is 383 g/mol. The first-order valence-electron chi connectivity index (χ1n) is 8.68. The molecule has 0 aliphatic rings. The second-order valence-electron chi connectivity index (χ2n) is 5.95. The van der Waals surface area contributed by atoms with E-state index < -0.39 is 17.7 Å². The minimum absolute atomic E-state index is 0.121. The smallest absolute Gasteiger partial charge is 0.326 e. The lowest BCUT2D eigenvalue weighted by atomic mass is 10.2. The van der Waals surface area contributed by atoms with Gasteiger partial charge in [0.2, 0.25) is 0 Å². The molecule has 8 heteroatoms. The zero-order valence-electron chi connectivity index (χ0n) is 15.5. The number of para-hydroxylation sites is 1. The molecule has 0 unspecified atom stereocenters. The lowest BCUT2D eigenvalue weighted by molar-refractivity contribution is -0.143. The number of hydrogen-bond acceptors (Lipinski definition) is 5. The largest absolute Gasteiger partial charge is 0.483 e. The van der Waals surface area contributed by atoms with Gasteiger partial charge in [-0.25, -0.2) is 4.39 Å². The Bertz CT molecular complexity index is 1090. The van der Waals surface area contributed by atoms with Crippen LogP contribution in [0, 0.1) is 12.7 Å². The number of esters is 1. The van der Waals surface area contributed by atoms with Crippen molar-refractivity contribution in [3.05, 3.63) is 58.6 Å². The molecule has 3 aromatic rings. The van der Waals surface area contributed by atoms with Crippen LogP contribution in [0.1, 0.15) is 12.5 Å². The van der Waals surface area contributed by atoms with Gasteiger partial charge in [-0.1, -0.05) is 29.5 Å². The summed E-state index contributed by atoms with van der Waals surface area (Å²) in [5.74, 6) is -0.772. The monoisotopic (exact) mass is 402 g/mol. The van der Waals surface area contributed by atoms with E-state index >= 15 is 0 Å². The van der Waals surface area contributed by atoms with Crippen LogP contribution in [-0.2, 0) is 20.9 Å². The summed E-state index contributed by atoms with van der Waals surface area (Å²) in [6.07, 6.45) is 0. The Morgan fingerprint density at radius 2 is 2.00 bits per heavy atom. The Kier molecular flexibility index (Phi) is 6.20. The normalized spacial score (nSPS) is 11.6. The maximum Gasteiger partial charge on any atom is 0.326 e. The number of aryl methyl sites for hydroxylation is 1. The van der Waals surface area contributed by atoms with Gasteiger partial charge in [0.1, 0.15) is 18.1 Å². The Morgan fingerprint density at radius 1 is 1.21 bits per heavy atom. The fraction of sp³-hybridized carbons (Fsp3) is 0.250. The Hall–Kier alpha value is -3.00. The van der Waals surface area contributed by atoms with Crippen molar-refractivity contribution in [2.45, 2.75) is 20.4 Å². The van der Waals surface area contributed by atoms with Gasteiger partial charge in [0.25, 0.3) is 5.91 Å². The summed E-state index contributed by atoms with van der Waals surface area (Å²) >= 11 is 1.12. The summed E-state index contributed by atoms with van der Waals surface area (Å²) in [4.78, 5) is 28.6. The van der Waals surface area contributed by atoms with Gasteiger partial charge in [0, 0.05) is 0 Å². The number of benzene rings is 2. The maximum atomic E-state index is 13.6. The molecule has 0 N–H and O–H groups in total. The van der Waals surface area contributed by atoms with E-state index in [-0.39, 0.29) is 24.6 Å². The molecule has 2 aromatic carbocycles. The molecule has 0 spiro atoms. The first-order valence-corrected chi connectivity index (χ1v) is 9.50. The number of nitrogens with zero attached hydrogens (tertiary/aromatic N) is 2. The zero-order valence-corrected chi connectivity index (χ0v) is 16.3. The van der Waals surface area contributed by atoms with E-state index in [4.69, 9.17) is 9.47 Å². The number of fused-ring (bicyclic) bond motifs is 1. The van der Waals surface area contributed by atoms with Crippen molar-refractivity contribution in [2.24, 2.45) is 4.99 Å². The van der Waals surface area contributed by atoms with Crippen LogP contribution in [0.4, 0.5) is 4.39 Å². The minimum atomic E-state index is -0.507. The van der Waals surface area contributed by atoms with Crippen LogP contribution in [0.25, 0.3) is 10.2 Å². The van der Waals surface area contributed by atoms with Gasteiger partial charge in [-0.05, 0) is 43.7 Å². The van der Waals surface area contributed by atoms with E-state index in [0.29, 0.717) is 16.0 Å². The summed E-state index contributed by atoms with van der Waals surface area (Å²) in [5.41, 5.74) is 1.51. The number of halogens is 1. The average molecular weight is 402 g/mol. The molecule has 28 heavy (non-hydrogen) atoms. The van der Waals surface area contributed by atoms with Crippen molar-refractivity contribution >= 4 is 33.4 Å². The van der Waals surface area contributed by atoms with Crippen LogP contribution >= 0.6 is 11.3 Å². The molecule has 0 fully saturated rings. The number of hydrogen-bond donors (Lipinski definition) is 0. The molecule has 6 nitrogen and oxygen atoms in total. The minimum Gasteiger partial charge on any atom is -0.483 e. The van der Waals surface area contributed by atoms with E-state index in [2.05, 4.69) is 4.99 Å². The number of carbonyl (C=O) groups is 2. The SMILES string of the molecule is CCOC(=O)Cn1c(=NC(=O)COc2ccccc2C)sc2cc(F)ccc21. The third-order valence-electron chi connectivity index (χ3n) is 3.90. The second-order valence-corrected chi connectivity index (χ2v) is 6.96. The van der Waals surface area contributed by atoms with E-state index in [1.807, 2.05) is 25.1 Å². The highest BCUT2D eigenvalue weighted by Crippen LogP contribution is 2.19. The number of thiazole rings is 1. The number of carbonyl (C=O) groups excluding carboxylic acids is 2. The molecule has 0 radical (unpaired) electrons. The molecule has 0 aliphatic heterocycles. The molecule has 0 atom stereocenters. The second kappa shape index (κ2) is 8.79. The lowest BCUT2D eigenvalue weighted by Gasteiger charge is -2.06. The molecule has 0 aliphatic carbocycles. The fourth-order valence-electron chi connectivity index (χ4n) is 2.62. The Balaban J connectivity index is 1.90. The molecule has 3 rings (SSSR count). The summed E-state index contributed by atoms with van der Waals surface area (Å²) in [6, 6.07) is 11.5. The molecule has 1 aromatic heterocycles. The van der Waals surface area contributed by atoms with Crippen molar-refractivity contribution in [1.29, 1.82) is 0 Å². The highest BCUT2D eigenvalue weighted by Gasteiger charge is 2.13. The zero-order chi connectivity index (χ0) is 20.1.